The van der Waals surface area contributed by atoms with Crippen molar-refractivity contribution in [3.8, 4) is 0 Å². The third-order valence-corrected chi connectivity index (χ3v) is 40.8. The van der Waals surface area contributed by atoms with Crippen molar-refractivity contribution in [2.75, 3.05) is 0 Å². The summed E-state index contributed by atoms with van der Waals surface area (Å²) in [5.74, 6) is 11.0. The molecule has 11 heteroatoms. The van der Waals surface area contributed by atoms with E-state index in [1.807, 2.05) is 0 Å². The summed E-state index contributed by atoms with van der Waals surface area (Å²) in [6.07, 6.45) is 80.4. The number of rotatable bonds is 23. The Balaban J connectivity index is 0.000000245. The van der Waals surface area contributed by atoms with Gasteiger partial charge in [-0.2, -0.15) is 0 Å². The van der Waals surface area contributed by atoms with E-state index in [1.54, 1.807) is 0 Å². The predicted octanol–water partition coefficient (Wildman–Crippen LogP) is 35.7. The Bertz CT molecular complexity index is 4290. The van der Waals surface area contributed by atoms with Crippen LogP contribution < -0.4 is 0 Å². The second-order valence-corrected chi connectivity index (χ2v) is 60.6. The van der Waals surface area contributed by atoms with Gasteiger partial charge in [-0.3, -0.25) is 0 Å². The van der Waals surface area contributed by atoms with Crippen LogP contribution in [0.4, 0.5) is 0 Å². The molecule has 6 aromatic carbocycles. The van der Waals surface area contributed by atoms with Crippen molar-refractivity contribution in [3.63, 3.8) is 0 Å². The van der Waals surface area contributed by atoms with Gasteiger partial charge in [0.2, 0.25) is 0 Å². The molecule has 18 unspecified atom stereocenters. The molecule has 18 rings (SSSR count). The molecule has 128 heavy (non-hydrogen) atoms. The molecule has 6 saturated carbocycles. The number of fused-ring (bicyclic) bond motifs is 9. The Labute approximate surface area is 838 Å². The normalized spacial score (nSPS) is 28.5. The second-order valence-electron chi connectivity index (χ2n) is 38.9. The van der Waals surface area contributed by atoms with Gasteiger partial charge in [0.15, 0.2) is 0 Å². The van der Waals surface area contributed by atoms with Crippen LogP contribution in [0.1, 0.15) is 124 Å². The van der Waals surface area contributed by atoms with Crippen molar-refractivity contribution in [3.05, 3.63) is 444 Å². The van der Waals surface area contributed by atoms with Gasteiger partial charge in [0.05, 0.1) is 16.1 Å². The summed E-state index contributed by atoms with van der Waals surface area (Å²) in [5.41, 5.74) is 11.2. The summed E-state index contributed by atoms with van der Waals surface area (Å²) in [4.78, 5) is 0. The minimum absolute atomic E-state index is 0. The van der Waals surface area contributed by atoms with E-state index in [0.717, 1.165) is 23.4 Å². The van der Waals surface area contributed by atoms with Crippen LogP contribution in [0.2, 0.25) is 49.4 Å². The Morgan fingerprint density at radius 2 is 0.500 bits per heavy atom. The van der Waals surface area contributed by atoms with Gasteiger partial charge >= 0.3 is 114 Å². The molecule has 0 bridgehead atoms. The van der Waals surface area contributed by atoms with Gasteiger partial charge in [0, 0.05) is 16.2 Å². The molecule has 0 nitrogen and oxygen atoms in total. The van der Waals surface area contributed by atoms with E-state index in [9.17, 15) is 0 Å². The zero-order valence-corrected chi connectivity index (χ0v) is 92.7. The molecular formula is C117H148Cl6Si2Zr3. The molecule has 18 atom stereocenters. The number of benzene rings is 6. The van der Waals surface area contributed by atoms with Crippen LogP contribution in [0.25, 0.3) is 0 Å². The van der Waals surface area contributed by atoms with E-state index in [4.69, 9.17) is 51.1 Å². The Kier molecular flexibility index (Phi) is 45.7. The summed E-state index contributed by atoms with van der Waals surface area (Å²) < 4.78 is 0. The Morgan fingerprint density at radius 1 is 0.289 bits per heavy atom. The number of hydrogen-bond acceptors (Lipinski definition) is 0. The first-order valence-electron chi connectivity index (χ1n) is 45.6. The summed E-state index contributed by atoms with van der Waals surface area (Å²) in [6, 6.07) is 72.7. The monoisotopic (exact) mass is 2090 g/mol. The van der Waals surface area contributed by atoms with Gasteiger partial charge in [0.25, 0.3) is 0 Å². The average Bonchev–Trinajstić information content (AvgIpc) is 1.54. The standard InChI is InChI=1S/C38H44.C37H44Si.C36H42Si.6CH3.6ClH.3Zr/c1-4-5-26-37(2,3)30-24-25-31(27-30)38(28-16-8-6-9-17-28,29-18-10-7-11-19-29)36-34-22-14-12-20-32(34)33-21-13-15-23-35(33)36;1-4-5-26-38(2,3)31-25-24-30(27-31)37(28-16-8-6-9-17-28,29-18-10-7-11-19-29)36-34-22-14-12-20-32(34)33-21-13-15-23-35(33)36;1-4-25-37(2,3)30-24-23-29(26-30)36(27-15-7-5-8-16-27,28-17-9-6-10-18-28)35-33-21-13-11-19-31(33)32-20-12-14-22-34(32)35;;;;;;;;;;;;;;;/h2*4,6-23,30-36H,1,5,24-27H2,2-3H3;4-22,29-35H,1,23-26H2,2-3H3;6*1H3;6*1H;;;/q;;;6*-1;;;;;;;3*+4/p-6. The van der Waals surface area contributed by atoms with Gasteiger partial charge < -0.3 is 44.6 Å². The first-order chi connectivity index (χ1) is 59.5. The summed E-state index contributed by atoms with van der Waals surface area (Å²) in [5, 5.41) is 0. The Morgan fingerprint density at radius 3 is 0.734 bits per heavy atom. The second kappa shape index (κ2) is 52.5. The molecule has 0 heterocycles. The van der Waals surface area contributed by atoms with Gasteiger partial charge in [-0.15, -0.1) is 19.7 Å². The van der Waals surface area contributed by atoms with E-state index >= 15 is 0 Å². The van der Waals surface area contributed by atoms with Crippen molar-refractivity contribution < 1.29 is 62.5 Å². The van der Waals surface area contributed by atoms with E-state index in [2.05, 4.69) is 406 Å². The molecule has 0 amide bonds. The molecule has 12 aliphatic carbocycles. The van der Waals surface area contributed by atoms with Crippen molar-refractivity contribution >= 4 is 67.2 Å². The molecule has 6 fully saturated rings. The van der Waals surface area contributed by atoms with Crippen molar-refractivity contribution in [2.24, 2.45) is 118 Å². The molecule has 0 aliphatic heterocycles. The van der Waals surface area contributed by atoms with Crippen LogP contribution in [-0.4, -0.2) is 16.1 Å². The fraction of sp³-hybridized carbons (Fsp3) is 0.385. The van der Waals surface area contributed by atoms with Crippen molar-refractivity contribution in [2.45, 2.75) is 157 Å². The first-order valence-corrected chi connectivity index (χ1v) is 71.2. The molecule has 0 N–H and O–H groups in total. The van der Waals surface area contributed by atoms with Crippen LogP contribution in [0.15, 0.2) is 366 Å². The van der Waals surface area contributed by atoms with Gasteiger partial charge in [-0.1, -0.05) is 405 Å². The average molecular weight is 2100 g/mol. The van der Waals surface area contributed by atoms with Crippen LogP contribution >= 0.6 is 51.1 Å². The molecule has 6 aromatic rings. The predicted molar refractivity (Wildman–Crippen MR) is 562 cm³/mol. The van der Waals surface area contributed by atoms with Crippen LogP contribution in [-0.2, 0) is 78.8 Å². The summed E-state index contributed by atoms with van der Waals surface area (Å²) >= 11 is -2.48. The maximum absolute atomic E-state index is 4.93. The molecule has 12 aliphatic rings. The van der Waals surface area contributed by atoms with E-state index in [0.29, 0.717) is 112 Å². The van der Waals surface area contributed by atoms with E-state index < -0.39 is 78.7 Å². The molecule has 0 saturated heterocycles. The quantitative estimate of drug-likeness (QED) is 0.0341. The summed E-state index contributed by atoms with van der Waals surface area (Å²) in [7, 11) is 26.9. The van der Waals surface area contributed by atoms with Crippen molar-refractivity contribution in [1.29, 1.82) is 0 Å². The fourth-order valence-electron chi connectivity index (χ4n) is 27.3. The molecule has 678 valence electrons. The zero-order chi connectivity index (χ0) is 85.9. The third kappa shape index (κ3) is 23.4. The molecule has 0 spiro atoms. The van der Waals surface area contributed by atoms with Crippen LogP contribution in [0.5, 0.6) is 0 Å². The SMILES string of the molecule is C=CCCC(C)(C)C1CCC(C(c2ccccc2)(c2ccccc2)C2C3C=CC=CC3C3C=CC=CC32)C1.C=CCC[Si](C)(C)C1CCC(C(c2ccccc2)(c2ccccc2)C2C3C=CC=CC3C3C=CC=CC32)C1.C=CC[Si](C)(C)C1CCC(C(c2ccccc2)(c2ccccc2)C2C3C=CC=CC3C3C=CC=CC32)C1.[CH3-].[CH3-].[CH3-].[CH3-].[CH3-].[CH3-].[Cl][Zr+2][Cl].[Cl][Zr+2][Cl].[Cl][Zr+2][Cl]. The molecular weight excluding hydrogens is 1950 g/mol. The minimum atomic E-state index is -1.37. The number of halogens is 6. The van der Waals surface area contributed by atoms with Gasteiger partial charge in [-0.25, -0.2) is 0 Å². The first kappa shape index (κ1) is 111. The third-order valence-electron chi connectivity index (χ3n) is 32.4. The van der Waals surface area contributed by atoms with Crippen LogP contribution in [0, 0.1) is 162 Å². The summed E-state index contributed by atoms with van der Waals surface area (Å²) in [6.45, 7) is 27.8. The molecule has 0 radical (unpaired) electrons. The van der Waals surface area contributed by atoms with E-state index in [1.165, 1.54) is 116 Å². The number of allylic oxidation sites excluding steroid dienone is 27. The van der Waals surface area contributed by atoms with E-state index in [-0.39, 0.29) is 60.8 Å². The van der Waals surface area contributed by atoms with Gasteiger partial charge in [0.1, 0.15) is 0 Å². The fourth-order valence-corrected chi connectivity index (χ4v) is 33.5. The zero-order valence-electron chi connectivity index (χ0n) is 78.8. The van der Waals surface area contributed by atoms with Crippen molar-refractivity contribution in [1.82, 2.24) is 0 Å². The van der Waals surface area contributed by atoms with Crippen LogP contribution in [0.3, 0.4) is 0 Å². The Hall–Kier alpha value is -3.76. The number of hydrogen-bond donors (Lipinski definition) is 0. The molecule has 0 aromatic heterocycles. The maximum atomic E-state index is 4.93. The topological polar surface area (TPSA) is 0 Å². The van der Waals surface area contributed by atoms with Gasteiger partial charge in [-0.05, 0) is 233 Å².